The molecule has 2 amide bonds. The number of halogens is 7. The topological polar surface area (TPSA) is 89.9 Å². The molecule has 1 heterocycles. The molecule has 4 rings (SSSR count). The molecule has 194 valence electrons. The molecular weight excluding hydrogens is 546 g/mol. The van der Waals surface area contributed by atoms with Crippen LogP contribution in [0, 0.1) is 17.5 Å². The van der Waals surface area contributed by atoms with Gasteiger partial charge in [-0.1, -0.05) is 23.2 Å². The van der Waals surface area contributed by atoms with Gasteiger partial charge in [-0.3, -0.25) is 9.59 Å². The second-order valence-electron chi connectivity index (χ2n) is 8.14. The van der Waals surface area contributed by atoms with Crippen molar-refractivity contribution in [2.24, 2.45) is 0 Å². The van der Waals surface area contributed by atoms with Gasteiger partial charge < -0.3 is 20.4 Å². The van der Waals surface area contributed by atoms with Gasteiger partial charge in [0.2, 0.25) is 0 Å². The molecule has 0 fully saturated rings. The maximum absolute atomic E-state index is 14.8. The first-order valence-corrected chi connectivity index (χ1v) is 11.2. The monoisotopic (exact) mass is 560 g/mol. The minimum absolute atomic E-state index is 0.0939. The van der Waals surface area contributed by atoms with Crippen molar-refractivity contribution in [1.82, 2.24) is 0 Å². The number of carbonyl (C=O) groups is 2. The number of hydrogen-bond donors (Lipinski definition) is 3. The largest absolute Gasteiger partial charge is 0.357 e. The van der Waals surface area contributed by atoms with Crippen molar-refractivity contribution in [3.05, 3.63) is 92.7 Å². The second-order valence-corrected chi connectivity index (χ2v) is 8.98. The zero-order chi connectivity index (χ0) is 27.3. The minimum Gasteiger partial charge on any atom is -0.357 e. The summed E-state index contributed by atoms with van der Waals surface area (Å²) >= 11 is 11.6. The van der Waals surface area contributed by atoms with Crippen LogP contribution < -0.4 is 10.2 Å². The lowest BCUT2D eigenvalue weighted by Crippen LogP contribution is -2.45. The van der Waals surface area contributed by atoms with Gasteiger partial charge in [0.05, 0.1) is 22.0 Å². The summed E-state index contributed by atoms with van der Waals surface area (Å²) in [5, 5.41) is 22.0. The van der Waals surface area contributed by atoms with Gasteiger partial charge in [0.1, 0.15) is 5.82 Å². The molecule has 0 aliphatic carbocycles. The van der Waals surface area contributed by atoms with Crippen LogP contribution in [0.3, 0.4) is 0 Å². The standard InChI is InChI=1S/C24H15Cl2F5N2O4/c25-12-2-4-20-14(8-12)24(36,37)23(30,31)5-6-33(20)22(35)11-1-3-19(18(29)7-11)32-21(34)13-9-16(27)17(28)10-15(13)26/h1-4,7-10,36-37H,5-6H2,(H,32,34). The van der Waals surface area contributed by atoms with E-state index in [0.29, 0.717) is 18.2 Å². The van der Waals surface area contributed by atoms with E-state index in [1.165, 1.54) is 6.07 Å². The Balaban J connectivity index is 1.64. The molecule has 0 saturated heterocycles. The summed E-state index contributed by atoms with van der Waals surface area (Å²) < 4.78 is 70.6. The van der Waals surface area contributed by atoms with Crippen molar-refractivity contribution in [2.45, 2.75) is 18.1 Å². The first-order chi connectivity index (χ1) is 17.2. The molecule has 6 nitrogen and oxygen atoms in total. The minimum atomic E-state index is -4.05. The number of carbonyl (C=O) groups excluding carboxylic acids is 2. The lowest BCUT2D eigenvalue weighted by Gasteiger charge is -2.30. The Morgan fingerprint density at radius 1 is 0.919 bits per heavy atom. The summed E-state index contributed by atoms with van der Waals surface area (Å²) in [5.74, 6) is -13.5. The fraction of sp³-hybridized carbons (Fsp3) is 0.167. The average Bonchev–Trinajstić information content (AvgIpc) is 2.89. The molecule has 1 aliphatic rings. The van der Waals surface area contributed by atoms with E-state index in [4.69, 9.17) is 23.2 Å². The van der Waals surface area contributed by atoms with Crippen LogP contribution in [-0.2, 0) is 5.79 Å². The highest BCUT2D eigenvalue weighted by atomic mass is 35.5. The molecule has 0 bridgehead atoms. The highest BCUT2D eigenvalue weighted by Crippen LogP contribution is 2.46. The molecule has 3 N–H and O–H groups in total. The first-order valence-electron chi connectivity index (χ1n) is 10.4. The fourth-order valence-electron chi connectivity index (χ4n) is 3.77. The predicted molar refractivity (Wildman–Crippen MR) is 125 cm³/mol. The summed E-state index contributed by atoms with van der Waals surface area (Å²) in [6.07, 6.45) is -1.14. The highest BCUT2D eigenvalue weighted by Gasteiger charge is 2.56. The van der Waals surface area contributed by atoms with E-state index >= 15 is 0 Å². The first kappa shape index (κ1) is 26.8. The molecule has 0 spiro atoms. The Hall–Kier alpha value is -3.25. The van der Waals surface area contributed by atoms with E-state index in [1.54, 1.807) is 0 Å². The third kappa shape index (κ3) is 4.87. The zero-order valence-corrected chi connectivity index (χ0v) is 19.8. The van der Waals surface area contributed by atoms with Gasteiger partial charge in [0, 0.05) is 29.1 Å². The van der Waals surface area contributed by atoms with Crippen LogP contribution in [0.25, 0.3) is 0 Å². The number of alkyl halides is 2. The number of hydrogen-bond acceptors (Lipinski definition) is 4. The van der Waals surface area contributed by atoms with Crippen molar-refractivity contribution >= 4 is 46.4 Å². The number of fused-ring (bicyclic) bond motifs is 1. The van der Waals surface area contributed by atoms with Crippen LogP contribution >= 0.6 is 23.2 Å². The van der Waals surface area contributed by atoms with Gasteiger partial charge in [0.15, 0.2) is 11.6 Å². The number of rotatable bonds is 3. The third-order valence-corrected chi connectivity index (χ3v) is 6.30. The van der Waals surface area contributed by atoms with Gasteiger partial charge in [-0.15, -0.1) is 0 Å². The van der Waals surface area contributed by atoms with Crippen molar-refractivity contribution in [3.8, 4) is 0 Å². The van der Waals surface area contributed by atoms with E-state index in [9.17, 15) is 41.8 Å². The van der Waals surface area contributed by atoms with Crippen molar-refractivity contribution in [3.63, 3.8) is 0 Å². The molecule has 0 aromatic heterocycles. The number of nitrogens with one attached hydrogen (secondary N) is 1. The fourth-order valence-corrected chi connectivity index (χ4v) is 4.18. The third-order valence-electron chi connectivity index (χ3n) is 5.75. The number of amides is 2. The molecule has 1 aliphatic heterocycles. The molecule has 0 radical (unpaired) electrons. The zero-order valence-electron chi connectivity index (χ0n) is 18.3. The highest BCUT2D eigenvalue weighted by molar-refractivity contribution is 6.34. The maximum Gasteiger partial charge on any atom is 0.306 e. The Morgan fingerprint density at radius 2 is 1.59 bits per heavy atom. The molecule has 3 aromatic carbocycles. The summed E-state index contributed by atoms with van der Waals surface area (Å²) in [5.41, 5.74) is -2.24. The Morgan fingerprint density at radius 3 is 2.27 bits per heavy atom. The summed E-state index contributed by atoms with van der Waals surface area (Å²) in [4.78, 5) is 26.4. The van der Waals surface area contributed by atoms with Gasteiger partial charge >= 0.3 is 5.92 Å². The second kappa shape index (κ2) is 9.56. The van der Waals surface area contributed by atoms with Gasteiger partial charge in [0.25, 0.3) is 17.6 Å². The van der Waals surface area contributed by atoms with Gasteiger partial charge in [-0.05, 0) is 48.5 Å². The van der Waals surface area contributed by atoms with Crippen LogP contribution in [0.5, 0.6) is 0 Å². The van der Waals surface area contributed by atoms with Crippen LogP contribution in [0.1, 0.15) is 32.7 Å². The SMILES string of the molecule is O=C(Nc1ccc(C(=O)N2CCC(F)(F)C(O)(O)c3cc(Cl)ccc32)cc1F)c1cc(F)c(F)cc1Cl. The molecule has 3 aromatic rings. The number of benzene rings is 3. The van der Waals surface area contributed by atoms with E-state index in [2.05, 4.69) is 5.32 Å². The molecule has 13 heteroatoms. The smallest absolute Gasteiger partial charge is 0.306 e. The molecule has 0 unspecified atom stereocenters. The van der Waals surface area contributed by atoms with E-state index < -0.39 is 75.8 Å². The molecule has 0 saturated carbocycles. The number of aliphatic hydroxyl groups is 2. The normalized spacial score (nSPS) is 16.1. The van der Waals surface area contributed by atoms with E-state index in [-0.39, 0.29) is 16.3 Å². The van der Waals surface area contributed by atoms with Crippen LogP contribution in [-0.4, -0.2) is 34.5 Å². The van der Waals surface area contributed by atoms with Crippen molar-refractivity contribution < 1.29 is 41.8 Å². The summed E-state index contributed by atoms with van der Waals surface area (Å²) in [6, 6.07) is 7.19. The van der Waals surface area contributed by atoms with Gasteiger partial charge in [-0.25, -0.2) is 22.0 Å². The summed E-state index contributed by atoms with van der Waals surface area (Å²) in [6.45, 7) is -0.655. The Labute approximate surface area is 215 Å². The van der Waals surface area contributed by atoms with Crippen molar-refractivity contribution in [2.75, 3.05) is 16.8 Å². The van der Waals surface area contributed by atoms with Crippen molar-refractivity contribution in [1.29, 1.82) is 0 Å². The van der Waals surface area contributed by atoms with E-state index in [1.807, 2.05) is 0 Å². The predicted octanol–water partition coefficient (Wildman–Crippen LogP) is 5.49. The Kier molecular flexibility index (Phi) is 6.93. The lowest BCUT2D eigenvalue weighted by molar-refractivity contribution is -0.304. The quantitative estimate of drug-likeness (QED) is 0.224. The molecule has 37 heavy (non-hydrogen) atoms. The van der Waals surface area contributed by atoms with Crippen LogP contribution in [0.15, 0.2) is 48.5 Å². The number of nitrogens with zero attached hydrogens (tertiary/aromatic N) is 1. The van der Waals surface area contributed by atoms with Gasteiger partial charge in [-0.2, -0.15) is 0 Å². The summed E-state index contributed by atoms with van der Waals surface area (Å²) in [7, 11) is 0. The molecular formula is C24H15Cl2F5N2O4. The maximum atomic E-state index is 14.8. The lowest BCUT2D eigenvalue weighted by atomic mass is 9.97. The van der Waals surface area contributed by atoms with E-state index in [0.717, 1.165) is 29.2 Å². The number of anilines is 2. The molecule has 0 atom stereocenters. The van der Waals surface area contributed by atoms with Crippen LogP contribution in [0.4, 0.5) is 33.3 Å². The van der Waals surface area contributed by atoms with Crippen LogP contribution in [0.2, 0.25) is 10.0 Å². The Bertz CT molecular complexity index is 1430. The average molecular weight is 561 g/mol.